The second-order valence-electron chi connectivity index (χ2n) is 3.51. The molecule has 0 aromatic carbocycles. The molecule has 0 N–H and O–H groups in total. The molecule has 1 heteroatoms. The summed E-state index contributed by atoms with van der Waals surface area (Å²) in [6, 6.07) is 0. The van der Waals surface area contributed by atoms with Crippen LogP contribution in [-0.2, 0) is 4.74 Å². The molecule has 1 nitrogen and oxygen atoms in total. The number of ether oxygens (including phenoxy) is 1. The summed E-state index contributed by atoms with van der Waals surface area (Å²) in [6.07, 6.45) is 7.60. The second kappa shape index (κ2) is 2.30. The maximum absolute atomic E-state index is 5.02. The lowest BCUT2D eigenvalue weighted by Gasteiger charge is -2.11. The molecule has 0 aliphatic heterocycles. The zero-order valence-corrected chi connectivity index (χ0v) is 6.47. The van der Waals surface area contributed by atoms with Gasteiger partial charge in [0.1, 0.15) is 0 Å². The summed E-state index contributed by atoms with van der Waals surface area (Å²) in [4.78, 5) is 0. The van der Waals surface area contributed by atoms with E-state index in [2.05, 4.69) is 0 Å². The van der Waals surface area contributed by atoms with Gasteiger partial charge in [0.2, 0.25) is 0 Å². The van der Waals surface area contributed by atoms with Crippen LogP contribution in [0.1, 0.15) is 25.7 Å². The molecule has 10 heavy (non-hydrogen) atoms. The fraction of sp³-hybridized carbons (Fsp3) is 0.778. The third-order valence-corrected chi connectivity index (χ3v) is 2.86. The van der Waals surface area contributed by atoms with Gasteiger partial charge in [-0.25, -0.2) is 0 Å². The van der Waals surface area contributed by atoms with Gasteiger partial charge in [0, 0.05) is 0 Å². The first-order valence-electron chi connectivity index (χ1n) is 4.12. The van der Waals surface area contributed by atoms with Gasteiger partial charge in [-0.15, -0.1) is 0 Å². The van der Waals surface area contributed by atoms with Crippen molar-refractivity contribution >= 4 is 0 Å². The maximum atomic E-state index is 5.02. The lowest BCUT2D eigenvalue weighted by atomic mass is 9.96. The van der Waals surface area contributed by atoms with Crippen molar-refractivity contribution in [1.82, 2.24) is 0 Å². The number of fused-ring (bicyclic) bond motifs is 2. The van der Waals surface area contributed by atoms with Crippen molar-refractivity contribution in [2.75, 3.05) is 7.11 Å². The molecule has 0 radical (unpaired) electrons. The molecule has 2 rings (SSSR count). The van der Waals surface area contributed by atoms with Crippen LogP contribution >= 0.6 is 0 Å². The number of methoxy groups -OCH3 is 1. The Labute approximate surface area is 62.1 Å². The van der Waals surface area contributed by atoms with Crippen LogP contribution in [0.2, 0.25) is 0 Å². The summed E-state index contributed by atoms with van der Waals surface area (Å²) < 4.78 is 5.02. The topological polar surface area (TPSA) is 9.23 Å². The third-order valence-electron chi connectivity index (χ3n) is 2.86. The van der Waals surface area contributed by atoms with Gasteiger partial charge in [-0.05, 0) is 43.1 Å². The maximum Gasteiger partial charge on any atom is 0.0819 e. The zero-order chi connectivity index (χ0) is 6.97. The Kier molecular flexibility index (Phi) is 1.44. The molecular formula is C9H14O. The minimum Gasteiger partial charge on any atom is -0.504 e. The van der Waals surface area contributed by atoms with E-state index < -0.39 is 0 Å². The van der Waals surface area contributed by atoms with Gasteiger partial charge in [0.25, 0.3) is 0 Å². The molecule has 0 saturated heterocycles. The summed E-state index contributed by atoms with van der Waals surface area (Å²) in [5.74, 6) is 1.90. The first-order valence-corrected chi connectivity index (χ1v) is 4.12. The van der Waals surface area contributed by atoms with Crippen LogP contribution in [0.3, 0.4) is 0 Å². The average Bonchev–Trinajstić information content (AvgIpc) is 2.48. The lowest BCUT2D eigenvalue weighted by Crippen LogP contribution is -1.97. The minimum absolute atomic E-state index is 0.893. The summed E-state index contributed by atoms with van der Waals surface area (Å²) >= 11 is 0. The third kappa shape index (κ3) is 0.845. The molecular weight excluding hydrogens is 124 g/mol. The van der Waals surface area contributed by atoms with E-state index in [1.165, 1.54) is 25.7 Å². The summed E-state index contributed by atoms with van der Waals surface area (Å²) in [5.41, 5.74) is 1.57. The predicted molar refractivity (Wildman–Crippen MR) is 40.5 cm³/mol. The fourth-order valence-corrected chi connectivity index (χ4v) is 2.39. The molecule has 56 valence electrons. The van der Waals surface area contributed by atoms with Crippen molar-refractivity contribution in [1.29, 1.82) is 0 Å². The predicted octanol–water partition coefficient (Wildman–Crippen LogP) is 2.34. The normalized spacial score (nSPS) is 41.1. The molecule has 0 aromatic heterocycles. The van der Waals surface area contributed by atoms with Crippen molar-refractivity contribution in [3.8, 4) is 0 Å². The van der Waals surface area contributed by atoms with E-state index in [0.717, 1.165) is 11.8 Å². The summed E-state index contributed by atoms with van der Waals surface area (Å²) in [7, 11) is 1.75. The SMILES string of the molecule is CO/C=C1/CC2CCC1C2. The molecule has 2 fully saturated rings. The first-order chi connectivity index (χ1) is 4.90. The Morgan fingerprint density at radius 1 is 1.50 bits per heavy atom. The second-order valence-corrected chi connectivity index (χ2v) is 3.51. The van der Waals surface area contributed by atoms with Gasteiger partial charge in [-0.2, -0.15) is 0 Å². The molecule has 0 spiro atoms. The van der Waals surface area contributed by atoms with Crippen LogP contribution in [0.25, 0.3) is 0 Å². The summed E-state index contributed by atoms with van der Waals surface area (Å²) in [6.45, 7) is 0. The number of hydrogen-bond acceptors (Lipinski definition) is 1. The average molecular weight is 138 g/mol. The van der Waals surface area contributed by atoms with Crippen molar-refractivity contribution in [2.24, 2.45) is 11.8 Å². The smallest absolute Gasteiger partial charge is 0.0819 e. The molecule has 0 amide bonds. The monoisotopic (exact) mass is 138 g/mol. The number of rotatable bonds is 1. The largest absolute Gasteiger partial charge is 0.504 e. The van der Waals surface area contributed by atoms with Crippen LogP contribution in [0.4, 0.5) is 0 Å². The highest BCUT2D eigenvalue weighted by molar-refractivity contribution is 5.14. The van der Waals surface area contributed by atoms with E-state index in [-0.39, 0.29) is 0 Å². The molecule has 0 heterocycles. The highest BCUT2D eigenvalue weighted by atomic mass is 16.5. The van der Waals surface area contributed by atoms with E-state index in [9.17, 15) is 0 Å². The van der Waals surface area contributed by atoms with Gasteiger partial charge >= 0.3 is 0 Å². The Bertz CT molecular complexity index is 160. The van der Waals surface area contributed by atoms with Crippen LogP contribution in [-0.4, -0.2) is 7.11 Å². The lowest BCUT2D eigenvalue weighted by molar-refractivity contribution is 0.327. The van der Waals surface area contributed by atoms with E-state index in [4.69, 9.17) is 4.74 Å². The molecule has 2 bridgehead atoms. The van der Waals surface area contributed by atoms with Crippen molar-refractivity contribution in [3.05, 3.63) is 11.8 Å². The quantitative estimate of drug-likeness (QED) is 0.505. The summed E-state index contributed by atoms with van der Waals surface area (Å²) in [5, 5.41) is 0. The van der Waals surface area contributed by atoms with Gasteiger partial charge in [-0.3, -0.25) is 0 Å². The molecule has 2 aliphatic rings. The number of hydrogen-bond donors (Lipinski definition) is 0. The molecule has 0 aromatic rings. The fourth-order valence-electron chi connectivity index (χ4n) is 2.39. The highest BCUT2D eigenvalue weighted by Crippen LogP contribution is 2.47. The van der Waals surface area contributed by atoms with E-state index in [0.29, 0.717) is 0 Å². The van der Waals surface area contributed by atoms with Crippen molar-refractivity contribution in [2.45, 2.75) is 25.7 Å². The Morgan fingerprint density at radius 3 is 2.90 bits per heavy atom. The van der Waals surface area contributed by atoms with Gasteiger partial charge < -0.3 is 4.74 Å². The highest BCUT2D eigenvalue weighted by Gasteiger charge is 2.35. The van der Waals surface area contributed by atoms with Crippen LogP contribution in [0.15, 0.2) is 11.8 Å². The minimum atomic E-state index is 0.893. The molecule has 2 saturated carbocycles. The van der Waals surface area contributed by atoms with Crippen LogP contribution in [0, 0.1) is 11.8 Å². The van der Waals surface area contributed by atoms with Gasteiger partial charge in [-0.1, -0.05) is 0 Å². The Balaban J connectivity index is 2.08. The van der Waals surface area contributed by atoms with E-state index >= 15 is 0 Å². The first kappa shape index (κ1) is 6.26. The Morgan fingerprint density at radius 2 is 2.40 bits per heavy atom. The van der Waals surface area contributed by atoms with Crippen molar-refractivity contribution in [3.63, 3.8) is 0 Å². The van der Waals surface area contributed by atoms with E-state index in [1.807, 2.05) is 6.26 Å². The van der Waals surface area contributed by atoms with Crippen molar-refractivity contribution < 1.29 is 4.74 Å². The van der Waals surface area contributed by atoms with Crippen LogP contribution < -0.4 is 0 Å². The standard InChI is InChI=1S/C9H14O/c1-10-6-9-5-7-2-3-8(9)4-7/h6-8H,2-5H2,1H3/b9-6-. The van der Waals surface area contributed by atoms with E-state index in [1.54, 1.807) is 12.7 Å². The van der Waals surface area contributed by atoms with Gasteiger partial charge in [0.15, 0.2) is 0 Å². The Hall–Kier alpha value is -0.460. The molecule has 2 unspecified atom stereocenters. The van der Waals surface area contributed by atoms with Crippen LogP contribution in [0.5, 0.6) is 0 Å². The zero-order valence-electron chi connectivity index (χ0n) is 6.47. The molecule has 2 aliphatic carbocycles. The molecule has 2 atom stereocenters. The number of allylic oxidation sites excluding steroid dienone is 1. The van der Waals surface area contributed by atoms with Gasteiger partial charge in [0.05, 0.1) is 13.4 Å².